The van der Waals surface area contributed by atoms with Gasteiger partial charge in [-0.05, 0) is 23.8 Å². The molecule has 2 N–H and O–H groups in total. The number of halogens is 4. The summed E-state index contributed by atoms with van der Waals surface area (Å²) in [4.78, 5) is 3.81. The number of aromatic nitrogens is 1. The van der Waals surface area contributed by atoms with E-state index in [4.69, 9.17) is 17.3 Å². The molecule has 6 heteroatoms. The van der Waals surface area contributed by atoms with Gasteiger partial charge in [0, 0.05) is 11.8 Å². The van der Waals surface area contributed by atoms with E-state index in [1.54, 1.807) is 6.07 Å². The molecule has 0 saturated heterocycles. The van der Waals surface area contributed by atoms with Crippen molar-refractivity contribution in [1.29, 1.82) is 0 Å². The minimum Gasteiger partial charge on any atom is -0.396 e. The van der Waals surface area contributed by atoms with Crippen LogP contribution in [0.4, 0.5) is 18.9 Å². The number of hydrogen-bond donors (Lipinski definition) is 1. The van der Waals surface area contributed by atoms with Gasteiger partial charge in [0.05, 0.1) is 11.3 Å². The molecule has 1 aromatic heterocycles. The van der Waals surface area contributed by atoms with E-state index in [2.05, 4.69) is 4.98 Å². The molecule has 0 atom stereocenters. The van der Waals surface area contributed by atoms with Crippen LogP contribution < -0.4 is 5.73 Å². The van der Waals surface area contributed by atoms with Crippen LogP contribution in [0, 0.1) is 0 Å². The molecule has 94 valence electrons. The van der Waals surface area contributed by atoms with Crippen molar-refractivity contribution in [2.45, 2.75) is 6.18 Å². The summed E-state index contributed by atoms with van der Waals surface area (Å²) < 4.78 is 37.7. The topological polar surface area (TPSA) is 38.9 Å². The van der Waals surface area contributed by atoms with Crippen LogP contribution in [0.2, 0.25) is 5.15 Å². The maximum atomic E-state index is 12.6. The first-order valence-corrected chi connectivity index (χ1v) is 5.34. The van der Waals surface area contributed by atoms with Crippen molar-refractivity contribution in [3.63, 3.8) is 0 Å². The van der Waals surface area contributed by atoms with Gasteiger partial charge in [0.25, 0.3) is 0 Å². The van der Waals surface area contributed by atoms with Crippen molar-refractivity contribution in [3.8, 4) is 11.1 Å². The average molecular weight is 273 g/mol. The Balaban J connectivity index is 2.48. The van der Waals surface area contributed by atoms with Gasteiger partial charge >= 0.3 is 6.18 Å². The Morgan fingerprint density at radius 1 is 1.11 bits per heavy atom. The Morgan fingerprint density at radius 2 is 1.83 bits per heavy atom. The number of anilines is 1. The molecule has 2 nitrogen and oxygen atoms in total. The number of pyridine rings is 1. The first-order valence-electron chi connectivity index (χ1n) is 4.96. The fourth-order valence-corrected chi connectivity index (χ4v) is 1.60. The number of hydrogen-bond acceptors (Lipinski definition) is 2. The molecule has 0 unspecified atom stereocenters. The van der Waals surface area contributed by atoms with Crippen LogP contribution in [0.25, 0.3) is 11.1 Å². The van der Waals surface area contributed by atoms with Crippen molar-refractivity contribution < 1.29 is 13.2 Å². The molecule has 0 aliphatic rings. The van der Waals surface area contributed by atoms with Gasteiger partial charge < -0.3 is 5.73 Å². The summed E-state index contributed by atoms with van der Waals surface area (Å²) in [6, 6.07) is 6.44. The highest BCUT2D eigenvalue weighted by molar-refractivity contribution is 6.31. The van der Waals surface area contributed by atoms with E-state index < -0.39 is 11.7 Å². The molecule has 2 aromatic rings. The average Bonchev–Trinajstić information content (AvgIpc) is 2.32. The Morgan fingerprint density at radius 3 is 2.44 bits per heavy atom. The fraction of sp³-hybridized carbons (Fsp3) is 0.0833. The summed E-state index contributed by atoms with van der Waals surface area (Å²) in [6.07, 6.45) is -2.99. The Bertz CT molecular complexity index is 582. The summed E-state index contributed by atoms with van der Waals surface area (Å²) in [5.41, 5.74) is 5.96. The smallest absolute Gasteiger partial charge is 0.396 e. The van der Waals surface area contributed by atoms with E-state index in [1.807, 2.05) is 0 Å². The quantitative estimate of drug-likeness (QED) is 0.797. The Labute approximate surface area is 106 Å². The van der Waals surface area contributed by atoms with Gasteiger partial charge in [-0.25, -0.2) is 4.98 Å². The molecule has 0 bridgehead atoms. The highest BCUT2D eigenvalue weighted by atomic mass is 35.5. The zero-order valence-electron chi connectivity index (χ0n) is 9.00. The standard InChI is InChI=1S/C12H8ClF3N2/c13-11-10(17)5-8(6-18-11)7-2-1-3-9(4-7)12(14,15)16/h1-6H,17H2. The zero-order chi connectivity index (χ0) is 13.3. The van der Waals surface area contributed by atoms with Crippen molar-refractivity contribution >= 4 is 17.3 Å². The minimum absolute atomic E-state index is 0.130. The Hall–Kier alpha value is -1.75. The number of nitrogen functional groups attached to an aromatic ring is 1. The van der Waals surface area contributed by atoms with Crippen LogP contribution in [0.5, 0.6) is 0 Å². The van der Waals surface area contributed by atoms with Gasteiger partial charge in [-0.15, -0.1) is 0 Å². The second kappa shape index (κ2) is 4.49. The lowest BCUT2D eigenvalue weighted by Crippen LogP contribution is -2.04. The van der Waals surface area contributed by atoms with Crippen LogP contribution >= 0.6 is 11.6 Å². The number of nitrogens with zero attached hydrogens (tertiary/aromatic N) is 1. The van der Waals surface area contributed by atoms with Crippen molar-refractivity contribution in [2.75, 3.05) is 5.73 Å². The second-order valence-corrected chi connectivity index (χ2v) is 4.04. The maximum absolute atomic E-state index is 12.6. The molecule has 0 aliphatic carbocycles. The molecule has 2 rings (SSSR count). The van der Waals surface area contributed by atoms with E-state index in [0.29, 0.717) is 11.1 Å². The van der Waals surface area contributed by atoms with Gasteiger partial charge in [-0.3, -0.25) is 0 Å². The maximum Gasteiger partial charge on any atom is 0.416 e. The van der Waals surface area contributed by atoms with E-state index in [0.717, 1.165) is 12.1 Å². The molecule has 0 saturated carbocycles. The van der Waals surface area contributed by atoms with Gasteiger partial charge in [0.15, 0.2) is 5.15 Å². The molecule has 1 aromatic carbocycles. The van der Waals surface area contributed by atoms with Crippen molar-refractivity contribution in [3.05, 3.63) is 47.2 Å². The minimum atomic E-state index is -4.37. The SMILES string of the molecule is Nc1cc(-c2cccc(C(F)(F)F)c2)cnc1Cl. The molecule has 0 radical (unpaired) electrons. The number of rotatable bonds is 1. The molecule has 18 heavy (non-hydrogen) atoms. The van der Waals surface area contributed by atoms with Crippen LogP contribution in [0.15, 0.2) is 36.5 Å². The van der Waals surface area contributed by atoms with E-state index in [1.165, 1.54) is 18.3 Å². The first-order chi connectivity index (χ1) is 8.38. The van der Waals surface area contributed by atoms with Crippen LogP contribution in [-0.2, 0) is 6.18 Å². The Kier molecular flexibility index (Phi) is 3.17. The molecule has 0 aliphatic heterocycles. The zero-order valence-corrected chi connectivity index (χ0v) is 9.76. The monoisotopic (exact) mass is 272 g/mol. The first kappa shape index (κ1) is 12.7. The lowest BCUT2D eigenvalue weighted by molar-refractivity contribution is -0.137. The summed E-state index contributed by atoms with van der Waals surface area (Å²) in [5.74, 6) is 0. The van der Waals surface area contributed by atoms with Crippen LogP contribution in [-0.4, -0.2) is 4.98 Å². The lowest BCUT2D eigenvalue weighted by atomic mass is 10.0. The number of alkyl halides is 3. The molecule has 1 heterocycles. The predicted octanol–water partition coefficient (Wildman–Crippen LogP) is 4.00. The van der Waals surface area contributed by atoms with E-state index in [-0.39, 0.29) is 10.8 Å². The van der Waals surface area contributed by atoms with E-state index in [9.17, 15) is 13.2 Å². The van der Waals surface area contributed by atoms with Gasteiger partial charge in [-0.2, -0.15) is 13.2 Å². The highest BCUT2D eigenvalue weighted by Crippen LogP contribution is 2.32. The van der Waals surface area contributed by atoms with Gasteiger partial charge in [0.1, 0.15) is 0 Å². The highest BCUT2D eigenvalue weighted by Gasteiger charge is 2.30. The summed E-state index contributed by atoms with van der Waals surface area (Å²) in [5, 5.41) is 0.130. The third-order valence-corrected chi connectivity index (χ3v) is 2.71. The van der Waals surface area contributed by atoms with Gasteiger partial charge in [-0.1, -0.05) is 23.7 Å². The largest absolute Gasteiger partial charge is 0.416 e. The van der Waals surface area contributed by atoms with Gasteiger partial charge in [0.2, 0.25) is 0 Å². The fourth-order valence-electron chi connectivity index (χ4n) is 1.50. The summed E-state index contributed by atoms with van der Waals surface area (Å²) >= 11 is 5.66. The number of nitrogens with two attached hydrogens (primary N) is 1. The summed E-state index contributed by atoms with van der Waals surface area (Å²) in [7, 11) is 0. The number of benzene rings is 1. The molecular weight excluding hydrogens is 265 g/mol. The van der Waals surface area contributed by atoms with Crippen molar-refractivity contribution in [2.24, 2.45) is 0 Å². The molecule has 0 spiro atoms. The molecule has 0 fully saturated rings. The van der Waals surface area contributed by atoms with Crippen LogP contribution in [0.3, 0.4) is 0 Å². The lowest BCUT2D eigenvalue weighted by Gasteiger charge is -2.09. The predicted molar refractivity (Wildman–Crippen MR) is 64.1 cm³/mol. The third kappa shape index (κ3) is 2.56. The van der Waals surface area contributed by atoms with Crippen molar-refractivity contribution in [1.82, 2.24) is 4.98 Å². The second-order valence-electron chi connectivity index (χ2n) is 3.68. The third-order valence-electron chi connectivity index (χ3n) is 2.39. The molecular formula is C12H8ClF3N2. The summed E-state index contributed by atoms with van der Waals surface area (Å²) in [6.45, 7) is 0. The normalized spacial score (nSPS) is 11.6. The van der Waals surface area contributed by atoms with E-state index >= 15 is 0 Å². The van der Waals surface area contributed by atoms with Crippen LogP contribution in [0.1, 0.15) is 5.56 Å². The molecule has 0 amide bonds.